The molecule has 0 aliphatic carbocycles. The fourth-order valence-electron chi connectivity index (χ4n) is 3.56. The number of aliphatic carboxylic acids is 1. The van der Waals surface area contributed by atoms with Crippen molar-refractivity contribution in [1.29, 1.82) is 0 Å². The van der Waals surface area contributed by atoms with Crippen LogP contribution in [0.25, 0.3) is 0 Å². The van der Waals surface area contributed by atoms with Gasteiger partial charge in [-0.1, -0.05) is 34.9 Å². The van der Waals surface area contributed by atoms with E-state index in [1.54, 1.807) is 7.05 Å². The first-order chi connectivity index (χ1) is 15.4. The Labute approximate surface area is 196 Å². The summed E-state index contributed by atoms with van der Waals surface area (Å²) in [5.74, 6) is -2.08. The molecule has 5 rings (SSSR count). The predicted molar refractivity (Wildman–Crippen MR) is 114 cm³/mol. The third kappa shape index (κ3) is 3.21. The number of fused-ring (bicyclic) bond motifs is 4. The summed E-state index contributed by atoms with van der Waals surface area (Å²) in [4.78, 5) is 39.2. The van der Waals surface area contributed by atoms with E-state index in [0.717, 1.165) is 0 Å². The summed E-state index contributed by atoms with van der Waals surface area (Å²) in [5, 5.41) is 32.2. The first-order valence-electron chi connectivity index (χ1n) is 8.98. The Bertz CT molecular complexity index is 1170. The van der Waals surface area contributed by atoms with E-state index in [2.05, 4.69) is 31.0 Å². The quantitative estimate of drug-likeness (QED) is 0.395. The first kappa shape index (κ1) is 21.6. The number of ether oxygens (including phenoxy) is 1. The highest BCUT2D eigenvalue weighted by Gasteiger charge is 2.68. The van der Waals surface area contributed by atoms with Gasteiger partial charge in [0.2, 0.25) is 11.1 Å². The maximum absolute atomic E-state index is 13.2. The van der Waals surface area contributed by atoms with Crippen LogP contribution >= 0.6 is 46.6 Å². The molecule has 17 heteroatoms. The van der Waals surface area contributed by atoms with Gasteiger partial charge in [-0.25, -0.2) is 9.48 Å². The number of methoxy groups -OCH3 is 1. The van der Waals surface area contributed by atoms with Gasteiger partial charge in [0, 0.05) is 19.9 Å². The van der Waals surface area contributed by atoms with Crippen molar-refractivity contribution >= 4 is 64.4 Å². The van der Waals surface area contributed by atoms with Crippen LogP contribution in [0.1, 0.15) is 10.3 Å². The van der Waals surface area contributed by atoms with Gasteiger partial charge in [-0.2, -0.15) is 0 Å². The van der Waals surface area contributed by atoms with E-state index < -0.39 is 34.1 Å². The minimum Gasteiger partial charge on any atom is -0.477 e. The second-order valence-corrected chi connectivity index (χ2v) is 11.1. The van der Waals surface area contributed by atoms with Crippen molar-refractivity contribution in [3.8, 4) is 0 Å². The molecule has 13 nitrogen and oxygen atoms in total. The zero-order chi connectivity index (χ0) is 22.6. The van der Waals surface area contributed by atoms with Crippen LogP contribution in [0.5, 0.6) is 0 Å². The van der Waals surface area contributed by atoms with Gasteiger partial charge < -0.3 is 15.2 Å². The average molecular weight is 515 g/mol. The van der Waals surface area contributed by atoms with Crippen LogP contribution in [-0.2, 0) is 26.2 Å². The molecule has 0 radical (unpaired) electrons. The molecule has 1 unspecified atom stereocenters. The van der Waals surface area contributed by atoms with E-state index in [-0.39, 0.29) is 17.2 Å². The molecule has 1 saturated heterocycles. The topological polar surface area (TPSA) is 165 Å². The lowest BCUT2D eigenvalue weighted by Crippen LogP contribution is -2.80. The standard InChI is InChI=1S/C15H14N8O5S4/c1-22-13(18-20-21-22)29-3-5-7(10(25)26)23-11(27)15(28-2)12(23)31-8(5)9-17-19-14(32-9)30-4-6(24)16-15/h8,12H,3-4H2,1-2H3,(H,16,24)(H,25,26)/t8?,12-,15+/m0/s1. The van der Waals surface area contributed by atoms with Crippen molar-refractivity contribution in [3.63, 3.8) is 0 Å². The zero-order valence-electron chi connectivity index (χ0n) is 16.4. The van der Waals surface area contributed by atoms with E-state index >= 15 is 0 Å². The summed E-state index contributed by atoms with van der Waals surface area (Å²) in [6.45, 7) is 0. The van der Waals surface area contributed by atoms with E-state index in [0.29, 0.717) is 20.1 Å². The van der Waals surface area contributed by atoms with Gasteiger partial charge in [-0.3, -0.25) is 14.5 Å². The molecule has 168 valence electrons. The monoisotopic (exact) mass is 514 g/mol. The normalized spacial score (nSPS) is 27.0. The number of thioether (sulfide) groups is 3. The lowest BCUT2D eigenvalue weighted by Gasteiger charge is -2.56. The van der Waals surface area contributed by atoms with Crippen molar-refractivity contribution in [1.82, 2.24) is 40.6 Å². The van der Waals surface area contributed by atoms with Crippen molar-refractivity contribution in [2.45, 2.75) is 25.8 Å². The van der Waals surface area contributed by atoms with Gasteiger partial charge in [0.05, 0.1) is 11.0 Å². The Kier molecular flexibility index (Phi) is 5.39. The summed E-state index contributed by atoms with van der Waals surface area (Å²) in [7, 11) is 2.99. The maximum Gasteiger partial charge on any atom is 0.352 e. The van der Waals surface area contributed by atoms with Gasteiger partial charge in [0.15, 0.2) is 4.34 Å². The maximum atomic E-state index is 13.2. The molecule has 3 aliphatic rings. The molecule has 5 heterocycles. The fraction of sp³-hybridized carbons (Fsp3) is 0.467. The van der Waals surface area contributed by atoms with Crippen molar-refractivity contribution in [2.75, 3.05) is 18.6 Å². The second-order valence-electron chi connectivity index (χ2n) is 6.78. The minimum atomic E-state index is -1.65. The Balaban J connectivity index is 1.63. The molecule has 4 bridgehead atoms. The number of rotatable bonds is 5. The summed E-state index contributed by atoms with van der Waals surface area (Å²) >= 11 is 5.03. The van der Waals surface area contributed by atoms with Crippen molar-refractivity contribution in [2.24, 2.45) is 7.05 Å². The van der Waals surface area contributed by atoms with Crippen molar-refractivity contribution < 1.29 is 24.2 Å². The number of hydrogen-bond donors (Lipinski definition) is 2. The number of β-lactam (4-membered cyclic amide) rings is 1. The minimum absolute atomic E-state index is 0.0240. The molecule has 2 amide bonds. The van der Waals surface area contributed by atoms with Crippen molar-refractivity contribution in [3.05, 3.63) is 16.3 Å². The van der Waals surface area contributed by atoms with Gasteiger partial charge in [-0.05, 0) is 16.0 Å². The van der Waals surface area contributed by atoms with Crippen LogP contribution in [0.4, 0.5) is 0 Å². The number of carboxylic acid groups (broad SMARTS) is 1. The smallest absolute Gasteiger partial charge is 0.352 e. The molecule has 0 saturated carbocycles. The number of nitrogens with zero attached hydrogens (tertiary/aromatic N) is 7. The van der Waals surface area contributed by atoms with Crippen LogP contribution in [-0.4, -0.2) is 87.9 Å². The number of nitrogens with one attached hydrogen (secondary N) is 1. The summed E-state index contributed by atoms with van der Waals surface area (Å²) < 4.78 is 7.53. The Morgan fingerprint density at radius 2 is 2.19 bits per heavy atom. The molecule has 2 aromatic heterocycles. The van der Waals surface area contributed by atoms with Crippen LogP contribution in [0, 0.1) is 0 Å². The number of aryl methyl sites for hydroxylation is 1. The van der Waals surface area contributed by atoms with E-state index in [9.17, 15) is 19.5 Å². The van der Waals surface area contributed by atoms with E-state index in [1.807, 2.05) is 0 Å². The molecule has 1 fully saturated rings. The van der Waals surface area contributed by atoms with Crippen LogP contribution < -0.4 is 5.32 Å². The number of tetrazole rings is 1. The zero-order valence-corrected chi connectivity index (χ0v) is 19.7. The third-order valence-electron chi connectivity index (χ3n) is 5.01. The highest BCUT2D eigenvalue weighted by Crippen LogP contribution is 2.56. The van der Waals surface area contributed by atoms with Gasteiger partial charge in [0.25, 0.3) is 11.6 Å². The highest BCUT2D eigenvalue weighted by atomic mass is 32.2. The van der Waals surface area contributed by atoms with E-state index in [4.69, 9.17) is 4.74 Å². The second kappa shape index (κ2) is 7.98. The molecule has 2 N–H and O–H groups in total. The van der Waals surface area contributed by atoms with Crippen LogP contribution in [0.15, 0.2) is 20.8 Å². The number of carbonyl (C=O) groups excluding carboxylic acids is 2. The van der Waals surface area contributed by atoms with Gasteiger partial charge >= 0.3 is 5.97 Å². The lowest BCUT2D eigenvalue weighted by atomic mass is 9.97. The fourth-order valence-corrected chi connectivity index (χ4v) is 8.12. The Hall–Kier alpha value is -2.21. The molecule has 3 atom stereocenters. The number of aromatic nitrogens is 6. The SMILES string of the molecule is CO[C@@]12NC(=O)CSc3nnc(s3)C3S[C@@H]1N(C2=O)C(C(=O)O)=C3CSc1nnnn1C. The molecule has 0 spiro atoms. The largest absolute Gasteiger partial charge is 0.477 e. The molecule has 32 heavy (non-hydrogen) atoms. The number of amides is 2. The summed E-state index contributed by atoms with van der Waals surface area (Å²) in [5.41, 5.74) is -1.33. The average Bonchev–Trinajstić information content (AvgIpc) is 3.41. The Morgan fingerprint density at radius 3 is 2.88 bits per heavy atom. The molecular formula is C15H14N8O5S4. The van der Waals surface area contributed by atoms with Gasteiger partial charge in [0.1, 0.15) is 16.1 Å². The summed E-state index contributed by atoms with van der Waals surface area (Å²) in [6, 6.07) is 0. The molecular weight excluding hydrogens is 500 g/mol. The number of hydrogen-bond acceptors (Lipinski definition) is 13. The molecule has 2 aromatic rings. The van der Waals surface area contributed by atoms with Crippen LogP contribution in [0.3, 0.4) is 0 Å². The first-order valence-corrected chi connectivity index (χ1v) is 12.7. The molecule has 3 aliphatic heterocycles. The third-order valence-corrected chi connectivity index (χ3v) is 9.92. The predicted octanol–water partition coefficient (Wildman–Crippen LogP) is -0.287. The molecule has 0 aromatic carbocycles. The number of carbonyl (C=O) groups is 3. The van der Waals surface area contributed by atoms with E-state index in [1.165, 1.54) is 63.3 Å². The van der Waals surface area contributed by atoms with Crippen LogP contribution in [0.2, 0.25) is 0 Å². The Morgan fingerprint density at radius 1 is 1.38 bits per heavy atom. The highest BCUT2D eigenvalue weighted by molar-refractivity contribution is 8.02. The number of carboxylic acids is 1. The van der Waals surface area contributed by atoms with Gasteiger partial charge in [-0.15, -0.1) is 27.1 Å². The lowest BCUT2D eigenvalue weighted by molar-refractivity contribution is -0.192. The summed E-state index contributed by atoms with van der Waals surface area (Å²) in [6.07, 6.45) is 0.